The predicted molar refractivity (Wildman–Crippen MR) is 102 cm³/mol. The molecule has 0 aliphatic rings. The van der Waals surface area contributed by atoms with E-state index >= 15 is 0 Å². The standard InChI is InChI=1S/C19H20FN5OS/c1-2-7-17(14-8-4-3-5-9-14)21-18(26)13-27-19-22-23-24-25(19)16-11-6-10-15(20)12-16/h3-6,8-12,17H,2,7,13H2,1H3,(H,21,26)/t17-/m1/s1. The molecule has 1 heterocycles. The minimum Gasteiger partial charge on any atom is -0.349 e. The van der Waals surface area contributed by atoms with Gasteiger partial charge in [-0.25, -0.2) is 4.39 Å². The fourth-order valence-electron chi connectivity index (χ4n) is 2.70. The van der Waals surface area contributed by atoms with Gasteiger partial charge in [0, 0.05) is 0 Å². The minimum absolute atomic E-state index is 0.0245. The van der Waals surface area contributed by atoms with E-state index in [-0.39, 0.29) is 23.5 Å². The van der Waals surface area contributed by atoms with Gasteiger partial charge in [0.05, 0.1) is 17.5 Å². The molecule has 0 aliphatic carbocycles. The normalized spacial score (nSPS) is 11.9. The zero-order valence-electron chi connectivity index (χ0n) is 14.9. The predicted octanol–water partition coefficient (Wildman–Crippen LogP) is 3.55. The smallest absolute Gasteiger partial charge is 0.230 e. The van der Waals surface area contributed by atoms with Crippen LogP contribution in [0.15, 0.2) is 59.8 Å². The van der Waals surface area contributed by atoms with Crippen molar-refractivity contribution in [3.05, 3.63) is 66.0 Å². The van der Waals surface area contributed by atoms with Gasteiger partial charge in [-0.3, -0.25) is 4.79 Å². The topological polar surface area (TPSA) is 72.7 Å². The molecular formula is C19H20FN5OS. The molecule has 0 fully saturated rings. The van der Waals surface area contributed by atoms with Gasteiger partial charge in [0.2, 0.25) is 11.1 Å². The van der Waals surface area contributed by atoms with E-state index < -0.39 is 0 Å². The number of rotatable bonds is 8. The van der Waals surface area contributed by atoms with Crippen LogP contribution in [0.3, 0.4) is 0 Å². The van der Waals surface area contributed by atoms with Crippen LogP contribution in [0, 0.1) is 5.82 Å². The van der Waals surface area contributed by atoms with E-state index in [4.69, 9.17) is 0 Å². The van der Waals surface area contributed by atoms with Gasteiger partial charge in [-0.1, -0.05) is 61.5 Å². The summed E-state index contributed by atoms with van der Waals surface area (Å²) in [6.45, 7) is 2.09. The maximum Gasteiger partial charge on any atom is 0.230 e. The van der Waals surface area contributed by atoms with Gasteiger partial charge in [0.25, 0.3) is 0 Å². The Morgan fingerprint density at radius 3 is 2.78 bits per heavy atom. The Balaban J connectivity index is 1.63. The van der Waals surface area contributed by atoms with Crippen molar-refractivity contribution in [2.24, 2.45) is 0 Å². The molecule has 0 bridgehead atoms. The van der Waals surface area contributed by atoms with Crippen LogP contribution in [0.4, 0.5) is 4.39 Å². The van der Waals surface area contributed by atoms with Gasteiger partial charge >= 0.3 is 0 Å². The van der Waals surface area contributed by atoms with Crippen LogP contribution in [-0.2, 0) is 4.79 Å². The van der Waals surface area contributed by atoms with E-state index in [2.05, 4.69) is 27.8 Å². The first-order valence-electron chi connectivity index (χ1n) is 8.69. The highest BCUT2D eigenvalue weighted by atomic mass is 32.2. The second-order valence-electron chi connectivity index (χ2n) is 5.96. The molecule has 8 heteroatoms. The largest absolute Gasteiger partial charge is 0.349 e. The highest BCUT2D eigenvalue weighted by Gasteiger charge is 2.16. The molecule has 1 aromatic heterocycles. The quantitative estimate of drug-likeness (QED) is 0.601. The number of nitrogens with one attached hydrogen (secondary N) is 1. The summed E-state index contributed by atoms with van der Waals surface area (Å²) in [7, 11) is 0. The number of hydrogen-bond donors (Lipinski definition) is 1. The summed E-state index contributed by atoms with van der Waals surface area (Å²) in [5.41, 5.74) is 1.60. The molecule has 0 saturated heterocycles. The van der Waals surface area contributed by atoms with Crippen molar-refractivity contribution in [1.82, 2.24) is 25.5 Å². The molecule has 0 radical (unpaired) electrons. The molecule has 27 heavy (non-hydrogen) atoms. The third-order valence-corrected chi connectivity index (χ3v) is 4.86. The number of carbonyl (C=O) groups is 1. The molecule has 1 N–H and O–H groups in total. The van der Waals surface area contributed by atoms with Gasteiger partial charge in [0.1, 0.15) is 5.82 Å². The fourth-order valence-corrected chi connectivity index (χ4v) is 3.40. The highest BCUT2D eigenvalue weighted by Crippen LogP contribution is 2.21. The number of hydrogen-bond acceptors (Lipinski definition) is 5. The summed E-state index contributed by atoms with van der Waals surface area (Å²) in [5, 5.41) is 14.9. The second-order valence-corrected chi connectivity index (χ2v) is 6.90. The lowest BCUT2D eigenvalue weighted by Gasteiger charge is -2.18. The lowest BCUT2D eigenvalue weighted by molar-refractivity contribution is -0.119. The van der Waals surface area contributed by atoms with Crippen molar-refractivity contribution >= 4 is 17.7 Å². The molecule has 6 nitrogen and oxygen atoms in total. The molecule has 3 aromatic rings. The first-order chi connectivity index (χ1) is 13.2. The van der Waals surface area contributed by atoms with E-state index in [0.717, 1.165) is 18.4 Å². The lowest BCUT2D eigenvalue weighted by Crippen LogP contribution is -2.30. The van der Waals surface area contributed by atoms with Crippen LogP contribution >= 0.6 is 11.8 Å². The Kier molecular flexibility index (Phi) is 6.54. The number of nitrogens with zero attached hydrogens (tertiary/aromatic N) is 4. The van der Waals surface area contributed by atoms with Crippen LogP contribution in [0.1, 0.15) is 31.4 Å². The van der Waals surface area contributed by atoms with E-state index in [1.807, 2.05) is 30.3 Å². The molecule has 0 saturated carbocycles. The zero-order valence-corrected chi connectivity index (χ0v) is 15.7. The Morgan fingerprint density at radius 1 is 1.22 bits per heavy atom. The number of carbonyl (C=O) groups excluding carboxylic acids is 1. The third kappa shape index (κ3) is 5.13. The van der Waals surface area contributed by atoms with Crippen molar-refractivity contribution in [2.45, 2.75) is 31.0 Å². The zero-order chi connectivity index (χ0) is 19.1. The van der Waals surface area contributed by atoms with Crippen molar-refractivity contribution in [3.8, 4) is 5.69 Å². The van der Waals surface area contributed by atoms with Gasteiger partial charge in [-0.2, -0.15) is 4.68 Å². The average Bonchev–Trinajstić information content (AvgIpc) is 3.15. The maximum absolute atomic E-state index is 13.4. The Labute approximate surface area is 161 Å². The van der Waals surface area contributed by atoms with E-state index in [1.165, 1.54) is 28.6 Å². The summed E-state index contributed by atoms with van der Waals surface area (Å²) in [6, 6.07) is 15.9. The van der Waals surface area contributed by atoms with Crippen LogP contribution in [0.25, 0.3) is 5.69 Å². The number of aromatic nitrogens is 4. The molecule has 1 amide bonds. The van der Waals surface area contributed by atoms with Crippen molar-refractivity contribution in [3.63, 3.8) is 0 Å². The summed E-state index contributed by atoms with van der Waals surface area (Å²) in [6.07, 6.45) is 1.83. The van der Waals surface area contributed by atoms with Crippen LogP contribution in [-0.4, -0.2) is 31.9 Å². The fraction of sp³-hybridized carbons (Fsp3) is 0.263. The molecule has 0 spiro atoms. The van der Waals surface area contributed by atoms with Gasteiger partial charge in [0.15, 0.2) is 0 Å². The molecule has 0 aliphatic heterocycles. The van der Waals surface area contributed by atoms with Crippen LogP contribution in [0.5, 0.6) is 0 Å². The molecule has 1 atom stereocenters. The van der Waals surface area contributed by atoms with Crippen molar-refractivity contribution in [2.75, 3.05) is 5.75 Å². The Bertz CT molecular complexity index is 887. The summed E-state index contributed by atoms with van der Waals surface area (Å²) >= 11 is 1.21. The summed E-state index contributed by atoms with van der Waals surface area (Å²) < 4.78 is 14.8. The van der Waals surface area contributed by atoms with E-state index in [1.54, 1.807) is 12.1 Å². The number of amides is 1. The molecule has 2 aromatic carbocycles. The lowest BCUT2D eigenvalue weighted by atomic mass is 10.0. The first kappa shape index (κ1) is 19.0. The Morgan fingerprint density at radius 2 is 2.04 bits per heavy atom. The Hall–Kier alpha value is -2.74. The van der Waals surface area contributed by atoms with Crippen molar-refractivity contribution < 1.29 is 9.18 Å². The number of benzene rings is 2. The highest BCUT2D eigenvalue weighted by molar-refractivity contribution is 7.99. The average molecular weight is 385 g/mol. The van der Waals surface area contributed by atoms with E-state index in [9.17, 15) is 9.18 Å². The molecule has 3 rings (SSSR count). The van der Waals surface area contributed by atoms with Gasteiger partial charge < -0.3 is 5.32 Å². The second kappa shape index (κ2) is 9.27. The summed E-state index contributed by atoms with van der Waals surface area (Å²) in [5.74, 6) is -0.305. The molecular weight excluding hydrogens is 365 g/mol. The number of thioether (sulfide) groups is 1. The minimum atomic E-state index is -0.373. The van der Waals surface area contributed by atoms with Gasteiger partial charge in [-0.05, 0) is 40.6 Å². The first-order valence-corrected chi connectivity index (χ1v) is 9.67. The number of tetrazole rings is 1. The van der Waals surface area contributed by atoms with Crippen LogP contribution in [0.2, 0.25) is 0 Å². The summed E-state index contributed by atoms with van der Waals surface area (Å²) in [4.78, 5) is 12.4. The monoisotopic (exact) mass is 385 g/mol. The SMILES string of the molecule is CCC[C@@H](NC(=O)CSc1nnnn1-c1cccc(F)c1)c1ccccc1. The van der Waals surface area contributed by atoms with Gasteiger partial charge in [-0.15, -0.1) is 5.10 Å². The maximum atomic E-state index is 13.4. The molecule has 140 valence electrons. The molecule has 0 unspecified atom stereocenters. The van der Waals surface area contributed by atoms with Crippen molar-refractivity contribution in [1.29, 1.82) is 0 Å². The third-order valence-electron chi connectivity index (χ3n) is 3.94. The number of halogens is 1. The van der Waals surface area contributed by atoms with E-state index in [0.29, 0.717) is 10.8 Å². The van der Waals surface area contributed by atoms with Crippen LogP contribution < -0.4 is 5.32 Å².